The topological polar surface area (TPSA) is 17.1 Å². The first-order chi connectivity index (χ1) is 5.63. The Morgan fingerprint density at radius 1 is 1.33 bits per heavy atom. The third-order valence-electron chi connectivity index (χ3n) is 1.66. The molecular weight excluding hydrogens is 172 g/mol. The lowest BCUT2D eigenvalue weighted by Gasteiger charge is -2.04. The fourth-order valence-electron chi connectivity index (χ4n) is 0.972. The maximum Gasteiger partial charge on any atom is 0.166 e. The molecular formula is C10H11ClO. The van der Waals surface area contributed by atoms with Crippen LogP contribution in [-0.4, -0.2) is 5.78 Å². The van der Waals surface area contributed by atoms with Crippen molar-refractivity contribution in [2.75, 3.05) is 0 Å². The third kappa shape index (κ3) is 1.86. The Kier molecular flexibility index (Phi) is 2.88. The number of halogens is 1. The Morgan fingerprint density at radius 3 is 2.42 bits per heavy atom. The van der Waals surface area contributed by atoms with Crippen LogP contribution in [0.3, 0.4) is 0 Å². The summed E-state index contributed by atoms with van der Waals surface area (Å²) in [6, 6.07) is 7.13. The van der Waals surface area contributed by atoms with E-state index < -0.39 is 0 Å². The Labute approximate surface area is 77.4 Å². The molecule has 0 saturated heterocycles. The average Bonchev–Trinajstić information content (AvgIpc) is 2.04. The fraction of sp³-hybridized carbons (Fsp3) is 0.300. The molecule has 12 heavy (non-hydrogen) atoms. The van der Waals surface area contributed by atoms with E-state index in [0.29, 0.717) is 10.6 Å². The lowest BCUT2D eigenvalue weighted by molar-refractivity contribution is 0.0939. The van der Waals surface area contributed by atoms with Crippen molar-refractivity contribution in [1.29, 1.82) is 0 Å². The van der Waals surface area contributed by atoms with Crippen LogP contribution in [0.5, 0.6) is 0 Å². The van der Waals surface area contributed by atoms with Crippen molar-refractivity contribution in [2.45, 2.75) is 13.8 Å². The van der Waals surface area contributed by atoms with Crippen LogP contribution >= 0.6 is 11.6 Å². The number of rotatable bonds is 2. The van der Waals surface area contributed by atoms with Crippen molar-refractivity contribution in [3.63, 3.8) is 0 Å². The number of carbonyl (C=O) groups excluding carboxylic acids is 1. The van der Waals surface area contributed by atoms with Gasteiger partial charge in [-0.3, -0.25) is 4.79 Å². The van der Waals surface area contributed by atoms with Crippen molar-refractivity contribution in [3.8, 4) is 0 Å². The van der Waals surface area contributed by atoms with E-state index in [1.807, 2.05) is 26.0 Å². The second-order valence-corrected chi connectivity index (χ2v) is 3.41. The molecule has 0 aliphatic rings. The van der Waals surface area contributed by atoms with Gasteiger partial charge in [-0.1, -0.05) is 37.6 Å². The zero-order valence-corrected chi connectivity index (χ0v) is 7.93. The normalized spacial score (nSPS) is 10.3. The molecule has 0 aromatic heterocycles. The van der Waals surface area contributed by atoms with Gasteiger partial charge in [-0.05, 0) is 12.1 Å². The van der Waals surface area contributed by atoms with Gasteiger partial charge in [0.05, 0.1) is 5.02 Å². The molecule has 0 spiro atoms. The predicted octanol–water partition coefficient (Wildman–Crippen LogP) is 3.18. The fourth-order valence-corrected chi connectivity index (χ4v) is 1.20. The summed E-state index contributed by atoms with van der Waals surface area (Å²) in [4.78, 5) is 11.5. The van der Waals surface area contributed by atoms with Crippen molar-refractivity contribution < 1.29 is 4.79 Å². The van der Waals surface area contributed by atoms with Crippen molar-refractivity contribution in [3.05, 3.63) is 34.9 Å². The smallest absolute Gasteiger partial charge is 0.166 e. The van der Waals surface area contributed by atoms with Crippen molar-refractivity contribution in [1.82, 2.24) is 0 Å². The average molecular weight is 183 g/mol. The van der Waals surface area contributed by atoms with Crippen LogP contribution in [0.2, 0.25) is 5.02 Å². The maximum absolute atomic E-state index is 11.5. The summed E-state index contributed by atoms with van der Waals surface area (Å²) in [5, 5.41) is 0.538. The summed E-state index contributed by atoms with van der Waals surface area (Å²) in [6.07, 6.45) is 0. The van der Waals surface area contributed by atoms with Crippen molar-refractivity contribution in [2.24, 2.45) is 5.92 Å². The van der Waals surface area contributed by atoms with Crippen LogP contribution in [0.1, 0.15) is 24.2 Å². The van der Waals surface area contributed by atoms with E-state index in [2.05, 4.69) is 0 Å². The van der Waals surface area contributed by atoms with Crippen LogP contribution in [0.15, 0.2) is 24.3 Å². The number of hydrogen-bond donors (Lipinski definition) is 0. The molecule has 0 N–H and O–H groups in total. The Morgan fingerprint density at radius 2 is 1.92 bits per heavy atom. The molecule has 0 radical (unpaired) electrons. The van der Waals surface area contributed by atoms with Crippen LogP contribution in [0.25, 0.3) is 0 Å². The van der Waals surface area contributed by atoms with Crippen LogP contribution in [-0.2, 0) is 0 Å². The van der Waals surface area contributed by atoms with Crippen LogP contribution in [0, 0.1) is 5.92 Å². The monoisotopic (exact) mass is 182 g/mol. The summed E-state index contributed by atoms with van der Waals surface area (Å²) in [5.74, 6) is 0.102. The number of benzene rings is 1. The van der Waals surface area contributed by atoms with Gasteiger partial charge in [-0.2, -0.15) is 0 Å². The molecule has 2 heteroatoms. The molecule has 0 saturated carbocycles. The van der Waals surface area contributed by atoms with E-state index in [1.54, 1.807) is 12.1 Å². The number of Topliss-reactive ketones (excluding diaryl/α,β-unsaturated/α-hetero) is 1. The summed E-state index contributed by atoms with van der Waals surface area (Å²) >= 11 is 5.84. The molecule has 64 valence electrons. The number of carbonyl (C=O) groups is 1. The quantitative estimate of drug-likeness (QED) is 0.643. The Hall–Kier alpha value is -0.820. The molecule has 0 amide bonds. The molecule has 1 aromatic carbocycles. The molecule has 1 rings (SSSR count). The minimum absolute atomic E-state index is 0.00454. The zero-order valence-electron chi connectivity index (χ0n) is 7.17. The summed E-state index contributed by atoms with van der Waals surface area (Å²) in [6.45, 7) is 3.73. The second-order valence-electron chi connectivity index (χ2n) is 3.00. The Bertz CT molecular complexity index is 292. The van der Waals surface area contributed by atoms with E-state index in [9.17, 15) is 4.79 Å². The minimum atomic E-state index is 0.00454. The lowest BCUT2D eigenvalue weighted by atomic mass is 10.0. The van der Waals surface area contributed by atoms with Gasteiger partial charge in [0.1, 0.15) is 0 Å². The van der Waals surface area contributed by atoms with E-state index in [1.165, 1.54) is 0 Å². The van der Waals surface area contributed by atoms with Crippen molar-refractivity contribution >= 4 is 17.4 Å². The van der Waals surface area contributed by atoms with Gasteiger partial charge in [-0.15, -0.1) is 0 Å². The first-order valence-electron chi connectivity index (χ1n) is 3.91. The van der Waals surface area contributed by atoms with Crippen LogP contribution < -0.4 is 0 Å². The molecule has 0 bridgehead atoms. The van der Waals surface area contributed by atoms with Gasteiger partial charge in [0, 0.05) is 11.5 Å². The molecule has 0 heterocycles. The van der Waals surface area contributed by atoms with E-state index in [-0.39, 0.29) is 11.7 Å². The van der Waals surface area contributed by atoms with Crippen LogP contribution in [0.4, 0.5) is 0 Å². The predicted molar refractivity (Wildman–Crippen MR) is 50.6 cm³/mol. The summed E-state index contributed by atoms with van der Waals surface area (Å²) < 4.78 is 0. The number of ketones is 1. The van der Waals surface area contributed by atoms with Gasteiger partial charge in [0.2, 0.25) is 0 Å². The minimum Gasteiger partial charge on any atom is -0.294 e. The molecule has 0 aliphatic carbocycles. The highest BCUT2D eigenvalue weighted by molar-refractivity contribution is 6.34. The highest BCUT2D eigenvalue weighted by atomic mass is 35.5. The van der Waals surface area contributed by atoms with E-state index in [4.69, 9.17) is 11.6 Å². The number of hydrogen-bond acceptors (Lipinski definition) is 1. The molecule has 0 atom stereocenters. The highest BCUT2D eigenvalue weighted by Crippen LogP contribution is 2.18. The highest BCUT2D eigenvalue weighted by Gasteiger charge is 2.12. The summed E-state index contributed by atoms with van der Waals surface area (Å²) in [7, 11) is 0. The second kappa shape index (κ2) is 3.72. The van der Waals surface area contributed by atoms with Gasteiger partial charge >= 0.3 is 0 Å². The van der Waals surface area contributed by atoms with Gasteiger partial charge < -0.3 is 0 Å². The Balaban J connectivity index is 3.03. The molecule has 1 aromatic rings. The first kappa shape index (κ1) is 9.27. The molecule has 0 unspecified atom stereocenters. The largest absolute Gasteiger partial charge is 0.294 e. The first-order valence-corrected chi connectivity index (χ1v) is 4.29. The lowest BCUT2D eigenvalue weighted by Crippen LogP contribution is -2.07. The standard InChI is InChI=1S/C10H11ClO/c1-7(2)10(12)8-5-3-4-6-9(8)11/h3-7H,1-2H3. The van der Waals surface area contributed by atoms with Gasteiger partial charge in [0.25, 0.3) is 0 Å². The molecule has 0 fully saturated rings. The van der Waals surface area contributed by atoms with Gasteiger partial charge in [-0.25, -0.2) is 0 Å². The summed E-state index contributed by atoms with van der Waals surface area (Å²) in [5.41, 5.74) is 0.620. The van der Waals surface area contributed by atoms with Gasteiger partial charge in [0.15, 0.2) is 5.78 Å². The molecule has 0 aliphatic heterocycles. The SMILES string of the molecule is CC(C)C(=O)c1ccccc1Cl. The van der Waals surface area contributed by atoms with E-state index in [0.717, 1.165) is 0 Å². The zero-order chi connectivity index (χ0) is 9.14. The molecule has 1 nitrogen and oxygen atoms in total. The third-order valence-corrected chi connectivity index (χ3v) is 1.99. The maximum atomic E-state index is 11.5. The van der Waals surface area contributed by atoms with E-state index >= 15 is 0 Å².